The Hall–Kier alpha value is -2.17. The van der Waals surface area contributed by atoms with Gasteiger partial charge < -0.3 is 0 Å². The number of hydrogen-bond donors (Lipinski definition) is 1. The van der Waals surface area contributed by atoms with Gasteiger partial charge in [-0.15, -0.1) is 5.12 Å². The fourth-order valence-electron chi connectivity index (χ4n) is 1.38. The average molecular weight is 217 g/mol. The molecule has 0 atom stereocenters. The molecule has 0 aliphatic carbocycles. The lowest BCUT2D eigenvalue weighted by molar-refractivity contribution is -0.139. The molecule has 0 unspecified atom stereocenters. The number of hydrazone groups is 1. The van der Waals surface area contributed by atoms with Crippen molar-refractivity contribution < 1.29 is 9.59 Å². The minimum atomic E-state index is -0.251. The Kier molecular flexibility index (Phi) is 2.95. The number of hydrogen-bond acceptors (Lipinski definition) is 3. The largest absolute Gasteiger partial charge is 0.273 e. The first-order valence-corrected chi connectivity index (χ1v) is 4.94. The van der Waals surface area contributed by atoms with Crippen molar-refractivity contribution in [2.45, 2.75) is 12.8 Å². The zero-order valence-corrected chi connectivity index (χ0v) is 8.59. The third-order valence-electron chi connectivity index (χ3n) is 2.14. The first-order valence-electron chi connectivity index (χ1n) is 4.94. The molecule has 5 nitrogen and oxygen atoms in total. The molecule has 0 spiro atoms. The van der Waals surface area contributed by atoms with Gasteiger partial charge in [0.05, 0.1) is 12.8 Å². The summed E-state index contributed by atoms with van der Waals surface area (Å²) >= 11 is 0. The molecule has 1 heterocycles. The fourth-order valence-corrected chi connectivity index (χ4v) is 1.38. The number of hydrazine groups is 1. The third kappa shape index (κ3) is 2.44. The summed E-state index contributed by atoms with van der Waals surface area (Å²) in [4.78, 5) is 22.7. The van der Waals surface area contributed by atoms with E-state index in [1.807, 2.05) is 30.3 Å². The molecule has 1 aromatic carbocycles. The Bertz CT molecular complexity index is 428. The van der Waals surface area contributed by atoms with Crippen LogP contribution in [0.15, 0.2) is 35.4 Å². The predicted octanol–water partition coefficient (Wildman–Crippen LogP) is 0.478. The van der Waals surface area contributed by atoms with Crippen molar-refractivity contribution in [2.24, 2.45) is 5.10 Å². The number of benzene rings is 1. The van der Waals surface area contributed by atoms with Crippen LogP contribution < -0.4 is 5.43 Å². The van der Waals surface area contributed by atoms with E-state index in [9.17, 15) is 9.59 Å². The van der Waals surface area contributed by atoms with Crippen molar-refractivity contribution in [2.75, 3.05) is 0 Å². The molecular formula is C11H11N3O2. The monoisotopic (exact) mass is 217 g/mol. The Balaban J connectivity index is 1.90. The van der Waals surface area contributed by atoms with E-state index in [0.29, 0.717) is 0 Å². The standard InChI is InChI=1S/C11H11N3O2/c15-10(8-9-4-2-1-3-5-9)13-14-11(16)6-7-12-14/h1-5,7H,6,8H2,(H,13,15). The van der Waals surface area contributed by atoms with E-state index < -0.39 is 0 Å². The summed E-state index contributed by atoms with van der Waals surface area (Å²) in [5, 5.41) is 4.70. The van der Waals surface area contributed by atoms with Crippen molar-refractivity contribution >= 4 is 18.0 Å². The molecule has 5 heteroatoms. The molecule has 16 heavy (non-hydrogen) atoms. The van der Waals surface area contributed by atoms with Crippen LogP contribution in [0, 0.1) is 0 Å². The maximum atomic E-state index is 11.5. The van der Waals surface area contributed by atoms with Crippen molar-refractivity contribution in [1.82, 2.24) is 10.5 Å². The van der Waals surface area contributed by atoms with Gasteiger partial charge in [-0.25, -0.2) is 5.43 Å². The van der Waals surface area contributed by atoms with Crippen molar-refractivity contribution in [3.8, 4) is 0 Å². The van der Waals surface area contributed by atoms with Crippen LogP contribution in [-0.4, -0.2) is 23.1 Å². The number of carbonyl (C=O) groups is 2. The molecule has 0 aromatic heterocycles. The lowest BCUT2D eigenvalue weighted by atomic mass is 10.1. The number of rotatable bonds is 3. The summed E-state index contributed by atoms with van der Waals surface area (Å²) in [6.45, 7) is 0. The van der Waals surface area contributed by atoms with Gasteiger partial charge in [-0.05, 0) is 5.56 Å². The van der Waals surface area contributed by atoms with Gasteiger partial charge in [0.15, 0.2) is 0 Å². The average Bonchev–Trinajstić information content (AvgIpc) is 2.66. The molecule has 0 fully saturated rings. The summed E-state index contributed by atoms with van der Waals surface area (Å²) < 4.78 is 0. The SMILES string of the molecule is O=C(Cc1ccccc1)NN1N=CCC1=O. The number of carbonyl (C=O) groups excluding carboxylic acids is 2. The summed E-state index contributed by atoms with van der Waals surface area (Å²) in [6, 6.07) is 9.32. The summed E-state index contributed by atoms with van der Waals surface area (Å²) in [5.41, 5.74) is 3.32. The predicted molar refractivity (Wildman–Crippen MR) is 58.2 cm³/mol. The minimum Gasteiger partial charge on any atom is -0.273 e. The third-order valence-corrected chi connectivity index (χ3v) is 2.14. The van der Waals surface area contributed by atoms with E-state index >= 15 is 0 Å². The molecule has 1 aliphatic rings. The van der Waals surface area contributed by atoms with Gasteiger partial charge in [-0.3, -0.25) is 9.59 Å². The van der Waals surface area contributed by atoms with Gasteiger partial charge in [0.1, 0.15) is 0 Å². The zero-order chi connectivity index (χ0) is 11.4. The van der Waals surface area contributed by atoms with Gasteiger partial charge in [0.2, 0.25) is 5.91 Å². The topological polar surface area (TPSA) is 61.8 Å². The molecule has 1 aliphatic heterocycles. The van der Waals surface area contributed by atoms with Crippen LogP contribution in [0.5, 0.6) is 0 Å². The highest BCUT2D eigenvalue weighted by Crippen LogP contribution is 2.01. The smallest absolute Gasteiger partial charge is 0.267 e. The Morgan fingerprint density at radius 1 is 1.38 bits per heavy atom. The van der Waals surface area contributed by atoms with E-state index in [-0.39, 0.29) is 24.7 Å². The number of amides is 2. The molecule has 0 saturated heterocycles. The van der Waals surface area contributed by atoms with E-state index in [4.69, 9.17) is 0 Å². The first-order chi connectivity index (χ1) is 7.75. The van der Waals surface area contributed by atoms with Crippen LogP contribution in [-0.2, 0) is 16.0 Å². The second kappa shape index (κ2) is 4.57. The normalized spacial score (nSPS) is 14.2. The van der Waals surface area contributed by atoms with Crippen molar-refractivity contribution in [3.05, 3.63) is 35.9 Å². The lowest BCUT2D eigenvalue weighted by Crippen LogP contribution is -2.40. The second-order valence-corrected chi connectivity index (χ2v) is 3.41. The van der Waals surface area contributed by atoms with Gasteiger partial charge in [0, 0.05) is 6.21 Å². The van der Waals surface area contributed by atoms with E-state index in [1.54, 1.807) is 0 Å². The molecule has 2 rings (SSSR count). The molecule has 2 amide bonds. The molecule has 0 saturated carbocycles. The van der Waals surface area contributed by atoms with Crippen LogP contribution >= 0.6 is 0 Å². The number of nitrogens with one attached hydrogen (secondary N) is 1. The molecular weight excluding hydrogens is 206 g/mol. The van der Waals surface area contributed by atoms with Gasteiger partial charge in [-0.2, -0.15) is 5.10 Å². The quantitative estimate of drug-likeness (QED) is 0.800. The minimum absolute atomic E-state index is 0.221. The highest BCUT2D eigenvalue weighted by atomic mass is 16.2. The van der Waals surface area contributed by atoms with Gasteiger partial charge in [-0.1, -0.05) is 30.3 Å². The Morgan fingerprint density at radius 3 is 2.75 bits per heavy atom. The van der Waals surface area contributed by atoms with Crippen LogP contribution in [0.4, 0.5) is 0 Å². The Morgan fingerprint density at radius 2 is 2.12 bits per heavy atom. The second-order valence-electron chi connectivity index (χ2n) is 3.41. The summed E-state index contributed by atoms with van der Waals surface area (Å²) in [6.07, 6.45) is 1.94. The van der Waals surface area contributed by atoms with Gasteiger partial charge >= 0.3 is 0 Å². The van der Waals surface area contributed by atoms with Crippen LogP contribution in [0.1, 0.15) is 12.0 Å². The molecule has 0 radical (unpaired) electrons. The maximum absolute atomic E-state index is 11.5. The van der Waals surface area contributed by atoms with Crippen LogP contribution in [0.25, 0.3) is 0 Å². The molecule has 1 N–H and O–H groups in total. The molecule has 0 bridgehead atoms. The highest BCUT2D eigenvalue weighted by Gasteiger charge is 2.18. The van der Waals surface area contributed by atoms with Crippen LogP contribution in [0.3, 0.4) is 0 Å². The number of nitrogens with zero attached hydrogens (tertiary/aromatic N) is 2. The van der Waals surface area contributed by atoms with E-state index in [2.05, 4.69) is 10.5 Å². The lowest BCUT2D eigenvalue weighted by Gasteiger charge is -2.12. The maximum Gasteiger partial charge on any atom is 0.267 e. The summed E-state index contributed by atoms with van der Waals surface area (Å²) in [5.74, 6) is -0.472. The molecule has 82 valence electrons. The Labute approximate surface area is 92.7 Å². The highest BCUT2D eigenvalue weighted by molar-refractivity contribution is 5.95. The van der Waals surface area contributed by atoms with E-state index in [1.165, 1.54) is 6.21 Å². The van der Waals surface area contributed by atoms with E-state index in [0.717, 1.165) is 10.7 Å². The summed E-state index contributed by atoms with van der Waals surface area (Å²) in [7, 11) is 0. The fraction of sp³-hybridized carbons (Fsp3) is 0.182. The first kappa shape index (κ1) is 10.4. The van der Waals surface area contributed by atoms with Crippen molar-refractivity contribution in [3.63, 3.8) is 0 Å². The van der Waals surface area contributed by atoms with Gasteiger partial charge in [0.25, 0.3) is 5.91 Å². The zero-order valence-electron chi connectivity index (χ0n) is 8.59. The molecule has 1 aromatic rings. The van der Waals surface area contributed by atoms with Crippen molar-refractivity contribution in [1.29, 1.82) is 0 Å². The van der Waals surface area contributed by atoms with Crippen LogP contribution in [0.2, 0.25) is 0 Å².